The number of benzene rings is 1. The molecule has 0 saturated heterocycles. The zero-order valence-corrected chi connectivity index (χ0v) is 12.8. The van der Waals surface area contributed by atoms with Crippen LogP contribution in [0.5, 0.6) is 0 Å². The molecule has 0 spiro atoms. The molecule has 1 unspecified atom stereocenters. The van der Waals surface area contributed by atoms with Crippen LogP contribution in [-0.4, -0.2) is 23.0 Å². The van der Waals surface area contributed by atoms with Gasteiger partial charge in [-0.05, 0) is 44.5 Å². The molecule has 2 rings (SSSR count). The van der Waals surface area contributed by atoms with Gasteiger partial charge in [-0.15, -0.1) is 0 Å². The van der Waals surface area contributed by atoms with Crippen LogP contribution in [0.2, 0.25) is 0 Å². The van der Waals surface area contributed by atoms with E-state index in [4.69, 9.17) is 4.74 Å². The van der Waals surface area contributed by atoms with Crippen molar-refractivity contribution in [1.29, 1.82) is 0 Å². The Morgan fingerprint density at radius 3 is 2.50 bits per heavy atom. The average Bonchev–Trinajstić information content (AvgIpc) is 2.50. The van der Waals surface area contributed by atoms with E-state index < -0.39 is 12.1 Å². The minimum atomic E-state index is -0.895. The molecular weight excluding hydrogens is 280 g/mol. The molecule has 22 heavy (non-hydrogen) atoms. The van der Waals surface area contributed by atoms with Gasteiger partial charge in [0.05, 0.1) is 5.56 Å². The molecule has 0 aliphatic rings. The molecule has 2 aromatic rings. The van der Waals surface area contributed by atoms with Gasteiger partial charge >= 0.3 is 5.97 Å². The first-order chi connectivity index (χ1) is 10.5. The Kier molecular flexibility index (Phi) is 4.88. The monoisotopic (exact) mass is 298 g/mol. The second-order valence-electron chi connectivity index (χ2n) is 5.04. The number of aryl methyl sites for hydroxylation is 2. The summed E-state index contributed by atoms with van der Waals surface area (Å²) in [6.45, 7) is 5.25. The Morgan fingerprint density at radius 2 is 1.86 bits per heavy atom. The first kappa shape index (κ1) is 15.7. The zero-order valence-electron chi connectivity index (χ0n) is 12.8. The number of carbonyl (C=O) groups excluding carboxylic acids is 2. The van der Waals surface area contributed by atoms with Gasteiger partial charge in [0.1, 0.15) is 0 Å². The van der Waals surface area contributed by atoms with Gasteiger partial charge in [0.25, 0.3) is 5.91 Å². The molecule has 0 bridgehead atoms. The largest absolute Gasteiger partial charge is 0.449 e. The molecule has 1 amide bonds. The van der Waals surface area contributed by atoms with E-state index >= 15 is 0 Å². The van der Waals surface area contributed by atoms with E-state index in [0.29, 0.717) is 11.3 Å². The molecular formula is C17H18N2O3. The van der Waals surface area contributed by atoms with Crippen LogP contribution in [0.4, 0.5) is 5.69 Å². The molecule has 5 nitrogen and oxygen atoms in total. The Labute approximate surface area is 129 Å². The number of ether oxygens (including phenoxy) is 1. The third kappa shape index (κ3) is 3.91. The Hall–Kier alpha value is -2.69. The molecule has 0 fully saturated rings. The first-order valence-corrected chi connectivity index (χ1v) is 6.97. The van der Waals surface area contributed by atoms with Crippen molar-refractivity contribution < 1.29 is 14.3 Å². The molecule has 1 aromatic carbocycles. The minimum absolute atomic E-state index is 0.321. The number of carbonyl (C=O) groups is 2. The summed E-state index contributed by atoms with van der Waals surface area (Å²) in [6, 6.07) is 10.7. The SMILES string of the molecule is Cc1ccc(C(=O)OC(C)C(=O)Nc2ccccc2C)cn1. The van der Waals surface area contributed by atoms with Crippen molar-refractivity contribution in [1.82, 2.24) is 4.98 Å². The summed E-state index contributed by atoms with van der Waals surface area (Å²) in [5.74, 6) is -0.942. The van der Waals surface area contributed by atoms with Crippen LogP contribution in [0.25, 0.3) is 0 Å². The number of nitrogens with one attached hydrogen (secondary N) is 1. The summed E-state index contributed by atoms with van der Waals surface area (Å²) in [7, 11) is 0. The van der Waals surface area contributed by atoms with E-state index in [1.807, 2.05) is 32.0 Å². The second-order valence-corrected chi connectivity index (χ2v) is 5.04. The number of amides is 1. The maximum Gasteiger partial charge on any atom is 0.340 e. The summed E-state index contributed by atoms with van der Waals surface area (Å²) in [6.07, 6.45) is 0.539. The smallest absolute Gasteiger partial charge is 0.340 e. The van der Waals surface area contributed by atoms with Gasteiger partial charge in [-0.2, -0.15) is 0 Å². The van der Waals surface area contributed by atoms with Crippen molar-refractivity contribution in [3.63, 3.8) is 0 Å². The van der Waals surface area contributed by atoms with Crippen molar-refractivity contribution in [2.45, 2.75) is 26.9 Å². The minimum Gasteiger partial charge on any atom is -0.449 e. The Bertz CT molecular complexity index is 681. The lowest BCUT2D eigenvalue weighted by atomic mass is 10.2. The van der Waals surface area contributed by atoms with Crippen molar-refractivity contribution in [3.05, 3.63) is 59.4 Å². The van der Waals surface area contributed by atoms with Crippen molar-refractivity contribution in [2.75, 3.05) is 5.32 Å². The molecule has 1 aromatic heterocycles. The van der Waals surface area contributed by atoms with E-state index in [-0.39, 0.29) is 5.91 Å². The Balaban J connectivity index is 1.98. The number of anilines is 1. The van der Waals surface area contributed by atoms with Crippen LogP contribution in [-0.2, 0) is 9.53 Å². The molecule has 0 aliphatic heterocycles. The van der Waals surface area contributed by atoms with Crippen LogP contribution in [0.3, 0.4) is 0 Å². The van der Waals surface area contributed by atoms with Crippen LogP contribution < -0.4 is 5.32 Å². The lowest BCUT2D eigenvalue weighted by Crippen LogP contribution is -2.30. The molecule has 1 heterocycles. The van der Waals surface area contributed by atoms with Gasteiger partial charge in [0.2, 0.25) is 0 Å². The second kappa shape index (κ2) is 6.85. The number of hydrogen-bond donors (Lipinski definition) is 1. The fourth-order valence-electron chi connectivity index (χ4n) is 1.82. The summed E-state index contributed by atoms with van der Waals surface area (Å²) in [5.41, 5.74) is 2.77. The third-order valence-electron chi connectivity index (χ3n) is 3.20. The van der Waals surface area contributed by atoms with Crippen molar-refractivity contribution in [2.24, 2.45) is 0 Å². The van der Waals surface area contributed by atoms with Crippen LogP contribution in [0, 0.1) is 13.8 Å². The summed E-state index contributed by atoms with van der Waals surface area (Å²) in [5, 5.41) is 2.74. The molecule has 1 N–H and O–H groups in total. The summed E-state index contributed by atoms with van der Waals surface area (Å²) in [4.78, 5) is 28.1. The number of esters is 1. The standard InChI is InChI=1S/C17H18N2O3/c1-11-6-4-5-7-15(11)19-16(20)13(3)22-17(21)14-9-8-12(2)18-10-14/h4-10,13H,1-3H3,(H,19,20). The highest BCUT2D eigenvalue weighted by Crippen LogP contribution is 2.14. The normalized spacial score (nSPS) is 11.6. The highest BCUT2D eigenvalue weighted by Gasteiger charge is 2.19. The summed E-state index contributed by atoms with van der Waals surface area (Å²) >= 11 is 0. The third-order valence-corrected chi connectivity index (χ3v) is 3.20. The number of hydrogen-bond acceptors (Lipinski definition) is 4. The van der Waals surface area contributed by atoms with E-state index in [9.17, 15) is 9.59 Å². The topological polar surface area (TPSA) is 68.3 Å². The molecule has 0 radical (unpaired) electrons. The lowest BCUT2D eigenvalue weighted by molar-refractivity contribution is -0.123. The zero-order chi connectivity index (χ0) is 16.1. The van der Waals surface area contributed by atoms with E-state index in [2.05, 4.69) is 10.3 Å². The molecule has 5 heteroatoms. The lowest BCUT2D eigenvalue weighted by Gasteiger charge is -2.14. The predicted octanol–water partition coefficient (Wildman–Crippen LogP) is 2.88. The van der Waals surface area contributed by atoms with E-state index in [1.165, 1.54) is 13.1 Å². The van der Waals surface area contributed by atoms with Crippen LogP contribution in [0.15, 0.2) is 42.6 Å². The molecule has 1 atom stereocenters. The molecule has 114 valence electrons. The van der Waals surface area contributed by atoms with Crippen molar-refractivity contribution >= 4 is 17.6 Å². The molecule has 0 aliphatic carbocycles. The fraction of sp³-hybridized carbons (Fsp3) is 0.235. The fourth-order valence-corrected chi connectivity index (χ4v) is 1.82. The van der Waals surface area contributed by atoms with Gasteiger partial charge in [0.15, 0.2) is 6.10 Å². The maximum atomic E-state index is 12.1. The number of aromatic nitrogens is 1. The van der Waals surface area contributed by atoms with E-state index in [0.717, 1.165) is 11.3 Å². The van der Waals surface area contributed by atoms with E-state index in [1.54, 1.807) is 18.2 Å². The van der Waals surface area contributed by atoms with Gasteiger partial charge < -0.3 is 10.1 Å². The Morgan fingerprint density at radius 1 is 1.14 bits per heavy atom. The maximum absolute atomic E-state index is 12.1. The van der Waals surface area contributed by atoms with Crippen molar-refractivity contribution in [3.8, 4) is 0 Å². The predicted molar refractivity (Wildman–Crippen MR) is 83.7 cm³/mol. The first-order valence-electron chi connectivity index (χ1n) is 6.97. The van der Waals surface area contributed by atoms with Crippen LogP contribution >= 0.6 is 0 Å². The number of rotatable bonds is 4. The quantitative estimate of drug-likeness (QED) is 0.881. The van der Waals surface area contributed by atoms with Gasteiger partial charge in [-0.1, -0.05) is 18.2 Å². The number of para-hydroxylation sites is 1. The average molecular weight is 298 g/mol. The molecule has 0 saturated carbocycles. The summed E-state index contributed by atoms with van der Waals surface area (Å²) < 4.78 is 5.16. The highest BCUT2D eigenvalue weighted by molar-refractivity contribution is 5.97. The van der Waals surface area contributed by atoms with Gasteiger partial charge in [-0.3, -0.25) is 9.78 Å². The van der Waals surface area contributed by atoms with Crippen LogP contribution in [0.1, 0.15) is 28.5 Å². The number of pyridine rings is 1. The van der Waals surface area contributed by atoms with Gasteiger partial charge in [-0.25, -0.2) is 4.79 Å². The van der Waals surface area contributed by atoms with Gasteiger partial charge in [0, 0.05) is 17.6 Å². The number of nitrogens with zero attached hydrogens (tertiary/aromatic N) is 1. The highest BCUT2D eigenvalue weighted by atomic mass is 16.5.